The van der Waals surface area contributed by atoms with Crippen LogP contribution in [0.25, 0.3) is 0 Å². The molecule has 4 aromatic rings. The molecule has 0 N–H and O–H groups in total. The van der Waals surface area contributed by atoms with Crippen LogP contribution in [0.4, 0.5) is 0 Å². The van der Waals surface area contributed by atoms with E-state index in [1.165, 1.54) is 31.6 Å². The van der Waals surface area contributed by atoms with Crippen LogP contribution in [0.15, 0.2) is 120 Å². The molecule has 242 valence electrons. The molecular weight excluding hydrogens is 617 g/mol. The van der Waals surface area contributed by atoms with Crippen molar-refractivity contribution in [3.63, 3.8) is 0 Å². The molecule has 0 bridgehead atoms. The van der Waals surface area contributed by atoms with Gasteiger partial charge in [0.05, 0.1) is 12.1 Å². The molecule has 0 spiro atoms. The van der Waals surface area contributed by atoms with E-state index in [0.29, 0.717) is 5.56 Å². The molecule has 4 aromatic carbocycles. The zero-order valence-corrected chi connectivity index (χ0v) is 27.2. The highest BCUT2D eigenvalue weighted by atomic mass is 31.1. The van der Waals surface area contributed by atoms with Gasteiger partial charge in [-0.1, -0.05) is 103 Å². The number of benzene rings is 4. The summed E-state index contributed by atoms with van der Waals surface area (Å²) in [4.78, 5) is 42.3. The number of nitrogens with zero attached hydrogens (tertiary/aromatic N) is 1. The number of aliphatic imine (C=N–C) groups is 1. The molecule has 10 heteroatoms. The normalized spacial score (nSPS) is 20.9. The highest BCUT2D eigenvalue weighted by molar-refractivity contribution is 7.80. The number of hydrogen-bond acceptors (Lipinski definition) is 9. The number of methoxy groups -OCH3 is 1. The van der Waals surface area contributed by atoms with Gasteiger partial charge >= 0.3 is 17.9 Å². The first-order valence-corrected chi connectivity index (χ1v) is 16.5. The van der Waals surface area contributed by atoms with E-state index in [-0.39, 0.29) is 6.54 Å². The van der Waals surface area contributed by atoms with E-state index >= 15 is 0 Å². The van der Waals surface area contributed by atoms with Crippen molar-refractivity contribution in [1.82, 2.24) is 0 Å². The summed E-state index contributed by atoms with van der Waals surface area (Å²) in [6.07, 6.45) is -3.86. The summed E-state index contributed by atoms with van der Waals surface area (Å²) in [5.74, 6) is -1.96. The molecule has 1 aliphatic heterocycles. The third-order valence-electron chi connectivity index (χ3n) is 7.40. The number of ether oxygens (including phenoxy) is 5. The molecule has 1 fully saturated rings. The standard InChI is InChI=1S/C37H36NO8P/c1-25(39)43-34-33(46-36(41)27-15-7-4-8-16-27)31(45-37(42-3)35(34)44-26(2)40)24-38-23-28-17-13-14-22-32(28)47(29-18-9-5-10-19-29)30-20-11-6-12-21-30/h4-23,31,33-35,37H,24H2,1-3H3/t31-,33-,34+,35+,37+/m0/s1. The monoisotopic (exact) mass is 653 g/mol. The van der Waals surface area contributed by atoms with Crippen LogP contribution in [-0.2, 0) is 33.3 Å². The minimum Gasteiger partial charge on any atom is -0.454 e. The van der Waals surface area contributed by atoms with Gasteiger partial charge < -0.3 is 23.7 Å². The minimum atomic E-state index is -1.22. The predicted octanol–water partition coefficient (Wildman–Crippen LogP) is 4.32. The Hall–Kier alpha value is -4.69. The molecule has 0 amide bonds. The number of carbonyl (C=O) groups is 3. The van der Waals surface area contributed by atoms with E-state index in [4.69, 9.17) is 28.7 Å². The van der Waals surface area contributed by atoms with Gasteiger partial charge in [0.1, 0.15) is 6.10 Å². The van der Waals surface area contributed by atoms with Crippen molar-refractivity contribution in [2.75, 3.05) is 13.7 Å². The van der Waals surface area contributed by atoms with Gasteiger partial charge in [0.15, 0.2) is 24.6 Å². The van der Waals surface area contributed by atoms with Crippen molar-refractivity contribution in [2.24, 2.45) is 4.99 Å². The summed E-state index contributed by atoms with van der Waals surface area (Å²) in [6, 6.07) is 37.2. The molecule has 0 radical (unpaired) electrons. The van der Waals surface area contributed by atoms with Crippen LogP contribution in [0.3, 0.4) is 0 Å². The molecule has 0 aromatic heterocycles. The van der Waals surface area contributed by atoms with Crippen LogP contribution in [0.1, 0.15) is 29.8 Å². The molecule has 0 aliphatic carbocycles. The van der Waals surface area contributed by atoms with Crippen molar-refractivity contribution in [3.05, 3.63) is 126 Å². The summed E-state index contributed by atoms with van der Waals surface area (Å²) < 4.78 is 28.7. The van der Waals surface area contributed by atoms with E-state index in [1.54, 1.807) is 36.5 Å². The van der Waals surface area contributed by atoms with Crippen LogP contribution in [0, 0.1) is 0 Å². The van der Waals surface area contributed by atoms with Gasteiger partial charge in [-0.3, -0.25) is 14.6 Å². The Morgan fingerprint density at radius 2 is 1.23 bits per heavy atom. The molecule has 47 heavy (non-hydrogen) atoms. The van der Waals surface area contributed by atoms with Crippen molar-refractivity contribution in [2.45, 2.75) is 44.6 Å². The number of carbonyl (C=O) groups excluding carboxylic acids is 3. The smallest absolute Gasteiger partial charge is 0.338 e. The predicted molar refractivity (Wildman–Crippen MR) is 180 cm³/mol. The zero-order chi connectivity index (χ0) is 33.2. The summed E-state index contributed by atoms with van der Waals surface area (Å²) in [6.45, 7) is 2.45. The number of rotatable bonds is 11. The Kier molecular flexibility index (Phi) is 11.6. The van der Waals surface area contributed by atoms with E-state index in [0.717, 1.165) is 10.9 Å². The lowest BCUT2D eigenvalue weighted by Crippen LogP contribution is -2.62. The van der Waals surface area contributed by atoms with E-state index in [9.17, 15) is 14.4 Å². The lowest BCUT2D eigenvalue weighted by atomic mass is 9.97. The molecule has 9 nitrogen and oxygen atoms in total. The van der Waals surface area contributed by atoms with Crippen LogP contribution in [0.5, 0.6) is 0 Å². The molecule has 1 aliphatic rings. The third-order valence-corrected chi connectivity index (χ3v) is 9.92. The third kappa shape index (κ3) is 8.57. The second kappa shape index (κ2) is 16.2. The van der Waals surface area contributed by atoms with Gasteiger partial charge in [0, 0.05) is 32.7 Å². The lowest BCUT2D eigenvalue weighted by Gasteiger charge is -2.43. The first kappa shape index (κ1) is 33.7. The van der Waals surface area contributed by atoms with Crippen LogP contribution < -0.4 is 15.9 Å². The molecular formula is C37H36NO8P. The van der Waals surface area contributed by atoms with Crippen molar-refractivity contribution in [3.8, 4) is 0 Å². The summed E-state index contributed by atoms with van der Waals surface area (Å²) in [5, 5.41) is 3.51. The van der Waals surface area contributed by atoms with Gasteiger partial charge in [-0.25, -0.2) is 4.79 Å². The molecule has 0 unspecified atom stereocenters. The minimum absolute atomic E-state index is 0.0140. The van der Waals surface area contributed by atoms with Gasteiger partial charge in [0.25, 0.3) is 0 Å². The Morgan fingerprint density at radius 3 is 1.81 bits per heavy atom. The fourth-order valence-corrected chi connectivity index (χ4v) is 7.82. The zero-order valence-electron chi connectivity index (χ0n) is 26.3. The number of hydrogen-bond donors (Lipinski definition) is 0. The fourth-order valence-electron chi connectivity index (χ4n) is 5.40. The van der Waals surface area contributed by atoms with Gasteiger partial charge in [-0.2, -0.15) is 0 Å². The highest BCUT2D eigenvalue weighted by Crippen LogP contribution is 2.34. The Labute approximate surface area is 275 Å². The van der Waals surface area contributed by atoms with Crippen LogP contribution >= 0.6 is 7.92 Å². The van der Waals surface area contributed by atoms with E-state index < -0.39 is 56.5 Å². The molecule has 1 saturated heterocycles. The lowest BCUT2D eigenvalue weighted by molar-refractivity contribution is -0.293. The van der Waals surface area contributed by atoms with Gasteiger partial charge in [0.2, 0.25) is 0 Å². The first-order chi connectivity index (χ1) is 22.9. The topological polar surface area (TPSA) is 110 Å². The fraction of sp³-hybridized carbons (Fsp3) is 0.243. The largest absolute Gasteiger partial charge is 0.454 e. The molecule has 0 saturated carbocycles. The SMILES string of the molecule is CO[C@@H]1O[C@@H](CN=Cc2ccccc2P(c2ccccc2)c2ccccc2)[C@H](OC(=O)c2ccccc2)[C@@H](OC(C)=O)[C@H]1OC(C)=O. The maximum absolute atomic E-state index is 13.3. The first-order valence-electron chi connectivity index (χ1n) is 15.1. The maximum Gasteiger partial charge on any atom is 0.338 e. The van der Waals surface area contributed by atoms with E-state index in [2.05, 4.69) is 30.3 Å². The second-order valence-electron chi connectivity index (χ2n) is 10.7. The number of esters is 3. The Bertz CT molecular complexity index is 1630. The van der Waals surface area contributed by atoms with Crippen molar-refractivity contribution < 1.29 is 38.1 Å². The summed E-state index contributed by atoms with van der Waals surface area (Å²) >= 11 is 0. The van der Waals surface area contributed by atoms with Crippen molar-refractivity contribution >= 4 is 48.0 Å². The quantitative estimate of drug-likeness (QED) is 0.102. The molecule has 5 rings (SSSR count). The average molecular weight is 654 g/mol. The maximum atomic E-state index is 13.3. The molecule has 1 heterocycles. The highest BCUT2D eigenvalue weighted by Gasteiger charge is 2.52. The van der Waals surface area contributed by atoms with Gasteiger partial charge in [-0.15, -0.1) is 0 Å². The van der Waals surface area contributed by atoms with Crippen LogP contribution in [0.2, 0.25) is 0 Å². The Balaban J connectivity index is 1.48. The van der Waals surface area contributed by atoms with Gasteiger partial charge in [-0.05, 0) is 36.0 Å². The summed E-state index contributed by atoms with van der Waals surface area (Å²) in [5.41, 5.74) is 1.20. The summed E-state index contributed by atoms with van der Waals surface area (Å²) in [7, 11) is 0.480. The average Bonchev–Trinajstić information content (AvgIpc) is 3.08. The van der Waals surface area contributed by atoms with Crippen molar-refractivity contribution in [1.29, 1.82) is 0 Å². The molecule has 5 atom stereocenters. The second-order valence-corrected chi connectivity index (χ2v) is 12.9. The van der Waals surface area contributed by atoms with E-state index in [1.807, 2.05) is 54.6 Å². The van der Waals surface area contributed by atoms with Crippen LogP contribution in [-0.4, -0.2) is 68.5 Å². The Morgan fingerprint density at radius 1 is 0.702 bits per heavy atom.